The first-order valence-corrected chi connectivity index (χ1v) is 6.92. The highest BCUT2D eigenvalue weighted by molar-refractivity contribution is 7.12. The van der Waals surface area contributed by atoms with Crippen LogP contribution in [0.1, 0.15) is 28.1 Å². The summed E-state index contributed by atoms with van der Waals surface area (Å²) in [7, 11) is 0. The van der Waals surface area contributed by atoms with Gasteiger partial charge in [-0.3, -0.25) is 9.59 Å². The Morgan fingerprint density at radius 2 is 2.47 bits per heavy atom. The molecular formula is C13H15N3O2S. The van der Waals surface area contributed by atoms with Gasteiger partial charge < -0.3 is 16.4 Å². The van der Waals surface area contributed by atoms with Crippen molar-refractivity contribution in [3.05, 3.63) is 21.9 Å². The minimum Gasteiger partial charge on any atom is -0.354 e. The van der Waals surface area contributed by atoms with Crippen molar-refractivity contribution in [1.29, 1.82) is 0 Å². The highest BCUT2D eigenvalue weighted by atomic mass is 32.1. The zero-order valence-corrected chi connectivity index (χ0v) is 11.2. The topological polar surface area (TPSA) is 84.2 Å². The van der Waals surface area contributed by atoms with Crippen LogP contribution in [0.15, 0.2) is 11.4 Å². The van der Waals surface area contributed by atoms with Crippen LogP contribution in [0.4, 0.5) is 0 Å². The van der Waals surface area contributed by atoms with Crippen LogP contribution in [-0.2, 0) is 4.79 Å². The van der Waals surface area contributed by atoms with Gasteiger partial charge in [0.2, 0.25) is 5.91 Å². The fourth-order valence-electron chi connectivity index (χ4n) is 1.84. The molecule has 1 atom stereocenters. The Kier molecular flexibility index (Phi) is 4.55. The third-order valence-corrected chi connectivity index (χ3v) is 3.71. The van der Waals surface area contributed by atoms with Gasteiger partial charge in [-0.05, 0) is 17.9 Å². The molecule has 0 bridgehead atoms. The summed E-state index contributed by atoms with van der Waals surface area (Å²) in [6, 6.07) is 1.80. The van der Waals surface area contributed by atoms with E-state index in [2.05, 4.69) is 22.5 Å². The molecule has 1 aliphatic rings. The third-order valence-electron chi connectivity index (χ3n) is 2.80. The lowest BCUT2D eigenvalue weighted by Gasteiger charge is -2.23. The summed E-state index contributed by atoms with van der Waals surface area (Å²) in [5, 5.41) is 7.48. The number of rotatable bonds is 2. The van der Waals surface area contributed by atoms with Crippen molar-refractivity contribution in [2.24, 2.45) is 5.73 Å². The first kappa shape index (κ1) is 13.6. The second-order valence-electron chi connectivity index (χ2n) is 4.18. The molecule has 0 radical (unpaired) electrons. The number of amides is 2. The first-order chi connectivity index (χ1) is 9.20. The van der Waals surface area contributed by atoms with E-state index in [4.69, 9.17) is 5.73 Å². The minimum atomic E-state index is -0.141. The number of thiophene rings is 1. The summed E-state index contributed by atoms with van der Waals surface area (Å²) in [6.07, 6.45) is 1.13. The van der Waals surface area contributed by atoms with E-state index >= 15 is 0 Å². The Bertz CT molecular complexity index is 532. The van der Waals surface area contributed by atoms with Gasteiger partial charge >= 0.3 is 0 Å². The zero-order chi connectivity index (χ0) is 13.7. The molecule has 6 heteroatoms. The maximum absolute atomic E-state index is 12.1. The number of hydrogen-bond donors (Lipinski definition) is 3. The summed E-state index contributed by atoms with van der Waals surface area (Å²) >= 11 is 1.35. The number of piperidine rings is 1. The van der Waals surface area contributed by atoms with Crippen molar-refractivity contribution < 1.29 is 9.59 Å². The van der Waals surface area contributed by atoms with Crippen LogP contribution in [-0.4, -0.2) is 30.9 Å². The molecule has 1 fully saturated rings. The van der Waals surface area contributed by atoms with Crippen LogP contribution < -0.4 is 16.4 Å². The van der Waals surface area contributed by atoms with Crippen molar-refractivity contribution in [3.63, 3.8) is 0 Å². The van der Waals surface area contributed by atoms with Gasteiger partial charge in [0.15, 0.2) is 0 Å². The van der Waals surface area contributed by atoms with E-state index < -0.39 is 0 Å². The van der Waals surface area contributed by atoms with E-state index in [1.165, 1.54) is 11.3 Å². The van der Waals surface area contributed by atoms with Gasteiger partial charge in [0.25, 0.3) is 5.91 Å². The second-order valence-corrected chi connectivity index (χ2v) is 5.10. The molecule has 19 heavy (non-hydrogen) atoms. The molecular weight excluding hydrogens is 262 g/mol. The lowest BCUT2D eigenvalue weighted by atomic mass is 10.1. The highest BCUT2D eigenvalue weighted by Crippen LogP contribution is 2.16. The number of nitrogens with one attached hydrogen (secondary N) is 2. The number of carbonyl (C=O) groups excluding carboxylic acids is 2. The Morgan fingerprint density at radius 3 is 3.16 bits per heavy atom. The fraction of sp³-hybridized carbons (Fsp3) is 0.385. The SMILES string of the molecule is NCC#Cc1ccsc1C(=O)NC1CCC(=O)NC1. The Balaban J connectivity index is 2.00. The lowest BCUT2D eigenvalue weighted by Crippen LogP contribution is -2.47. The molecule has 1 saturated heterocycles. The van der Waals surface area contributed by atoms with Gasteiger partial charge in [0.05, 0.1) is 6.54 Å². The van der Waals surface area contributed by atoms with Gasteiger partial charge in [-0.25, -0.2) is 0 Å². The average Bonchev–Trinajstić information content (AvgIpc) is 2.87. The molecule has 1 unspecified atom stereocenters. The predicted octanol–water partition coefficient (Wildman–Crippen LogP) is 0.0667. The van der Waals surface area contributed by atoms with Gasteiger partial charge in [0.1, 0.15) is 4.88 Å². The highest BCUT2D eigenvalue weighted by Gasteiger charge is 2.21. The van der Waals surface area contributed by atoms with Crippen LogP contribution >= 0.6 is 11.3 Å². The standard InChI is InChI=1S/C13H15N3O2S/c14-6-1-2-9-5-7-19-12(9)13(18)16-10-3-4-11(17)15-8-10/h5,7,10H,3-4,6,8,14H2,(H,15,17)(H,16,18). The van der Waals surface area contributed by atoms with Gasteiger partial charge in [-0.15, -0.1) is 11.3 Å². The van der Waals surface area contributed by atoms with Crippen LogP contribution in [0.25, 0.3) is 0 Å². The van der Waals surface area contributed by atoms with Gasteiger partial charge in [0, 0.05) is 24.6 Å². The Hall–Kier alpha value is -1.84. The lowest BCUT2D eigenvalue weighted by molar-refractivity contribution is -0.122. The third kappa shape index (κ3) is 3.56. The molecule has 0 aliphatic carbocycles. The number of carbonyl (C=O) groups is 2. The monoisotopic (exact) mass is 277 g/mol. The van der Waals surface area contributed by atoms with Crippen LogP contribution in [0.5, 0.6) is 0 Å². The molecule has 100 valence electrons. The average molecular weight is 277 g/mol. The summed E-state index contributed by atoms with van der Waals surface area (Å²) in [5.41, 5.74) is 6.02. The van der Waals surface area contributed by atoms with E-state index in [0.29, 0.717) is 29.8 Å². The molecule has 2 heterocycles. The van der Waals surface area contributed by atoms with Gasteiger partial charge in [-0.2, -0.15) is 0 Å². The summed E-state index contributed by atoms with van der Waals surface area (Å²) in [5.74, 6) is 5.52. The van der Waals surface area contributed by atoms with Crippen LogP contribution in [0.3, 0.4) is 0 Å². The zero-order valence-electron chi connectivity index (χ0n) is 10.4. The van der Waals surface area contributed by atoms with Crippen LogP contribution in [0, 0.1) is 11.8 Å². The van der Waals surface area contributed by atoms with E-state index in [-0.39, 0.29) is 24.4 Å². The quantitative estimate of drug-likeness (QED) is 0.669. The molecule has 1 aromatic rings. The van der Waals surface area contributed by atoms with Crippen LogP contribution in [0.2, 0.25) is 0 Å². The summed E-state index contributed by atoms with van der Waals surface area (Å²) in [6.45, 7) is 0.755. The van der Waals surface area contributed by atoms with Gasteiger partial charge in [-0.1, -0.05) is 11.8 Å². The van der Waals surface area contributed by atoms with Crippen molar-refractivity contribution >= 4 is 23.2 Å². The van der Waals surface area contributed by atoms with Crippen molar-refractivity contribution in [3.8, 4) is 11.8 Å². The Morgan fingerprint density at radius 1 is 1.63 bits per heavy atom. The second kappa shape index (κ2) is 6.36. The predicted molar refractivity (Wildman–Crippen MR) is 73.7 cm³/mol. The van der Waals surface area contributed by atoms with E-state index in [0.717, 1.165) is 0 Å². The molecule has 2 rings (SSSR count). The molecule has 0 aromatic carbocycles. The first-order valence-electron chi connectivity index (χ1n) is 6.04. The van der Waals surface area contributed by atoms with Crippen molar-refractivity contribution in [2.45, 2.75) is 18.9 Å². The van der Waals surface area contributed by atoms with E-state index in [1.807, 2.05) is 11.4 Å². The minimum absolute atomic E-state index is 0.0115. The summed E-state index contributed by atoms with van der Waals surface area (Å²) < 4.78 is 0. The smallest absolute Gasteiger partial charge is 0.262 e. The van der Waals surface area contributed by atoms with Crippen molar-refractivity contribution in [2.75, 3.05) is 13.1 Å². The number of nitrogens with two attached hydrogens (primary N) is 1. The maximum Gasteiger partial charge on any atom is 0.262 e. The van der Waals surface area contributed by atoms with Crippen molar-refractivity contribution in [1.82, 2.24) is 10.6 Å². The largest absolute Gasteiger partial charge is 0.354 e. The molecule has 4 N–H and O–H groups in total. The number of hydrogen-bond acceptors (Lipinski definition) is 4. The molecule has 1 aromatic heterocycles. The normalized spacial score (nSPS) is 18.2. The summed E-state index contributed by atoms with van der Waals surface area (Å²) in [4.78, 5) is 23.8. The van der Waals surface area contributed by atoms with E-state index in [1.54, 1.807) is 0 Å². The maximum atomic E-state index is 12.1. The Labute approximate surface area is 115 Å². The molecule has 5 nitrogen and oxygen atoms in total. The molecule has 1 aliphatic heterocycles. The molecule has 0 spiro atoms. The van der Waals surface area contributed by atoms with E-state index in [9.17, 15) is 9.59 Å². The molecule has 0 saturated carbocycles. The molecule has 2 amide bonds. The fourth-order valence-corrected chi connectivity index (χ4v) is 2.59.